The lowest BCUT2D eigenvalue weighted by Crippen LogP contribution is -2.44. The van der Waals surface area contributed by atoms with Crippen LogP contribution in [0.1, 0.15) is 13.9 Å². The number of ether oxygens (including phenoxy) is 1. The van der Waals surface area contributed by atoms with Gasteiger partial charge in [-0.25, -0.2) is 19.2 Å². The lowest BCUT2D eigenvalue weighted by atomic mass is 10.1. The summed E-state index contributed by atoms with van der Waals surface area (Å²) >= 11 is -0.718. The van der Waals surface area contributed by atoms with Crippen molar-refractivity contribution in [3.05, 3.63) is 35.5 Å². The van der Waals surface area contributed by atoms with Crippen LogP contribution in [0.25, 0.3) is 32.6 Å². The van der Waals surface area contributed by atoms with Gasteiger partial charge in [-0.05, 0) is 24.4 Å². The van der Waals surface area contributed by atoms with Crippen LogP contribution < -0.4 is 4.90 Å². The molecule has 0 saturated carbocycles. The molecular weight excluding hydrogens is 436 g/mol. The number of hydrogen-bond acceptors (Lipinski definition) is 7. The number of hydrogen-bond donors (Lipinski definition) is 2. The van der Waals surface area contributed by atoms with E-state index >= 15 is 0 Å². The Balaban J connectivity index is 1.71. The Kier molecular flexibility index (Phi) is 5.12. The molecule has 5 rings (SSSR count). The number of rotatable bonds is 5. The Morgan fingerprint density at radius 3 is 3.19 bits per heavy atom. The lowest BCUT2D eigenvalue weighted by Gasteiger charge is -2.34. The second-order valence-electron chi connectivity index (χ2n) is 7.40. The molecule has 2 N–H and O–H groups in total. The van der Waals surface area contributed by atoms with Crippen molar-refractivity contribution in [1.29, 1.82) is 0 Å². The van der Waals surface area contributed by atoms with E-state index in [9.17, 15) is 8.76 Å². The van der Waals surface area contributed by atoms with Crippen molar-refractivity contribution in [3.63, 3.8) is 0 Å². The summed E-state index contributed by atoms with van der Waals surface area (Å²) in [5.41, 5.74) is 3.15. The second-order valence-corrected chi connectivity index (χ2v) is 9.25. The number of nitrogens with zero attached hydrogens (tertiary/aromatic N) is 5. The zero-order valence-electron chi connectivity index (χ0n) is 17.8. The molecule has 9 nitrogen and oxygen atoms in total. The highest BCUT2D eigenvalue weighted by molar-refractivity contribution is 7.76. The molecule has 0 spiro atoms. The number of morpholine rings is 1. The van der Waals surface area contributed by atoms with Crippen LogP contribution in [0.5, 0.6) is 0 Å². The average molecular weight is 460 g/mol. The highest BCUT2D eigenvalue weighted by atomic mass is 32.2. The number of pyridine rings is 1. The Morgan fingerprint density at radius 1 is 1.48 bits per heavy atom. The predicted octanol–water partition coefficient (Wildman–Crippen LogP) is 3.03. The SMILES string of the molecule is [2H]CN(Cc1csc2c(N3CCOC[C@H]3C)nc(-c3ccnc4[nH]ccc34)nc12)S(=O)O. The third kappa shape index (κ3) is 3.72. The minimum atomic E-state index is -2.23. The molecule has 1 unspecified atom stereocenters. The molecule has 1 aliphatic heterocycles. The fraction of sp³-hybridized carbons (Fsp3) is 0.350. The summed E-state index contributed by atoms with van der Waals surface area (Å²) in [4.78, 5) is 19.6. The first-order chi connectivity index (χ1) is 15.6. The lowest BCUT2D eigenvalue weighted by molar-refractivity contribution is 0.0987. The maximum absolute atomic E-state index is 11.6. The molecule has 1 saturated heterocycles. The Bertz CT molecular complexity index is 1300. The molecule has 2 atom stereocenters. The van der Waals surface area contributed by atoms with Crippen LogP contribution in [-0.4, -0.2) is 65.8 Å². The molecule has 31 heavy (non-hydrogen) atoms. The maximum Gasteiger partial charge on any atom is 0.234 e. The van der Waals surface area contributed by atoms with Crippen molar-refractivity contribution < 1.29 is 14.9 Å². The largest absolute Gasteiger partial charge is 0.377 e. The molecule has 0 bridgehead atoms. The zero-order valence-corrected chi connectivity index (χ0v) is 18.4. The summed E-state index contributed by atoms with van der Waals surface area (Å²) in [7, 11) is -0.292. The van der Waals surface area contributed by atoms with Crippen molar-refractivity contribution in [2.24, 2.45) is 0 Å². The minimum Gasteiger partial charge on any atom is -0.377 e. The highest BCUT2D eigenvalue weighted by Crippen LogP contribution is 2.37. The van der Waals surface area contributed by atoms with Crippen LogP contribution in [-0.2, 0) is 22.5 Å². The summed E-state index contributed by atoms with van der Waals surface area (Å²) in [5, 5.41) is 2.86. The predicted molar refractivity (Wildman–Crippen MR) is 122 cm³/mol. The summed E-state index contributed by atoms with van der Waals surface area (Å²) in [6.07, 6.45) is 3.56. The van der Waals surface area contributed by atoms with Gasteiger partial charge in [-0.2, -0.15) is 4.31 Å². The fourth-order valence-corrected chi connectivity index (χ4v) is 5.07. The Morgan fingerprint density at radius 2 is 2.39 bits per heavy atom. The van der Waals surface area contributed by atoms with E-state index in [0.29, 0.717) is 19.0 Å². The van der Waals surface area contributed by atoms with Gasteiger partial charge in [0.1, 0.15) is 5.65 Å². The monoisotopic (exact) mass is 459 g/mol. The number of thiophene rings is 1. The van der Waals surface area contributed by atoms with Crippen molar-refractivity contribution in [2.75, 3.05) is 31.7 Å². The molecule has 0 aliphatic carbocycles. The van der Waals surface area contributed by atoms with E-state index in [2.05, 4.69) is 21.8 Å². The quantitative estimate of drug-likeness (QED) is 0.442. The van der Waals surface area contributed by atoms with E-state index in [0.717, 1.165) is 49.0 Å². The van der Waals surface area contributed by atoms with Crippen LogP contribution in [0.4, 0.5) is 5.82 Å². The fourth-order valence-electron chi connectivity index (χ4n) is 3.82. The number of aromatic amines is 1. The van der Waals surface area contributed by atoms with Crippen molar-refractivity contribution in [1.82, 2.24) is 24.2 Å². The number of fused-ring (bicyclic) bond motifs is 2. The van der Waals surface area contributed by atoms with E-state index in [4.69, 9.17) is 16.1 Å². The molecule has 5 heterocycles. The first kappa shape index (κ1) is 19.3. The van der Waals surface area contributed by atoms with E-state index < -0.39 is 11.3 Å². The molecule has 0 aromatic carbocycles. The molecule has 1 fully saturated rings. The van der Waals surface area contributed by atoms with Crippen LogP contribution in [0.2, 0.25) is 0 Å². The number of H-pyrrole nitrogens is 1. The van der Waals surface area contributed by atoms with Gasteiger partial charge >= 0.3 is 0 Å². The third-order valence-electron chi connectivity index (χ3n) is 5.38. The van der Waals surface area contributed by atoms with Gasteiger partial charge in [0.2, 0.25) is 11.3 Å². The molecule has 11 heteroatoms. The topological polar surface area (TPSA) is 107 Å². The molecule has 162 valence electrons. The molecular formula is C20H22N6O3S2. The van der Waals surface area contributed by atoms with Crippen molar-refractivity contribution >= 4 is 49.7 Å². The van der Waals surface area contributed by atoms with Gasteiger partial charge in [0.05, 0.1) is 29.5 Å². The molecule has 0 radical (unpaired) electrons. The van der Waals surface area contributed by atoms with Gasteiger partial charge in [-0.3, -0.25) is 4.55 Å². The van der Waals surface area contributed by atoms with Crippen LogP contribution in [0, 0.1) is 0 Å². The summed E-state index contributed by atoms with van der Waals surface area (Å²) in [6.45, 7) is 4.21. The first-order valence-corrected chi connectivity index (χ1v) is 11.7. The maximum atomic E-state index is 11.6. The Labute approximate surface area is 186 Å². The van der Waals surface area contributed by atoms with Crippen LogP contribution in [0.15, 0.2) is 29.9 Å². The Hall–Kier alpha value is -2.44. The van der Waals surface area contributed by atoms with Gasteiger partial charge in [0.25, 0.3) is 0 Å². The standard InChI is InChI=1S/C20H22N6O3S2/c1-12-10-29-8-7-26(12)20-17-16(13(11-30-17)9-25(2)31(27)28)23-19(24-20)15-4-6-22-18-14(15)3-5-21-18/h3-6,11-12H,7-10H2,1-2H3,(H,21,22)(H,27,28)/t12-/m1/s1/i2D. The highest BCUT2D eigenvalue weighted by Gasteiger charge is 2.26. The van der Waals surface area contributed by atoms with Crippen molar-refractivity contribution in [2.45, 2.75) is 19.5 Å². The smallest absolute Gasteiger partial charge is 0.234 e. The summed E-state index contributed by atoms with van der Waals surface area (Å²) in [5.74, 6) is 1.40. The van der Waals surface area contributed by atoms with E-state index in [1.165, 1.54) is 11.3 Å². The first-order valence-electron chi connectivity index (χ1n) is 10.5. The minimum absolute atomic E-state index is 0.150. The van der Waals surface area contributed by atoms with Gasteiger partial charge in [0, 0.05) is 50.4 Å². The van der Waals surface area contributed by atoms with E-state index in [-0.39, 0.29) is 19.6 Å². The molecule has 0 amide bonds. The van der Waals surface area contributed by atoms with Crippen LogP contribution >= 0.6 is 11.3 Å². The van der Waals surface area contributed by atoms with E-state index in [1.54, 1.807) is 6.20 Å². The van der Waals surface area contributed by atoms with Gasteiger partial charge in [-0.15, -0.1) is 11.3 Å². The normalized spacial score (nSPS) is 18.7. The molecule has 4 aromatic rings. The second kappa shape index (κ2) is 8.24. The van der Waals surface area contributed by atoms with Gasteiger partial charge in [0.15, 0.2) is 11.6 Å². The number of aromatic nitrogens is 4. The average Bonchev–Trinajstić information content (AvgIpc) is 3.44. The van der Waals surface area contributed by atoms with E-state index in [1.807, 2.05) is 23.7 Å². The van der Waals surface area contributed by atoms with Crippen LogP contribution in [0.3, 0.4) is 0 Å². The van der Waals surface area contributed by atoms with Gasteiger partial charge in [-0.1, -0.05) is 0 Å². The number of anilines is 1. The van der Waals surface area contributed by atoms with Gasteiger partial charge < -0.3 is 14.6 Å². The third-order valence-corrected chi connectivity index (χ3v) is 6.96. The zero-order chi connectivity index (χ0) is 22.2. The molecule has 1 aliphatic rings. The molecule has 4 aromatic heterocycles. The summed E-state index contributed by atoms with van der Waals surface area (Å²) < 4.78 is 36.4. The number of nitrogens with one attached hydrogen (secondary N) is 1. The van der Waals surface area contributed by atoms with Crippen molar-refractivity contribution in [3.8, 4) is 11.4 Å². The summed E-state index contributed by atoms with van der Waals surface area (Å²) in [6, 6.07) is 4.00.